The van der Waals surface area contributed by atoms with Gasteiger partial charge >= 0.3 is 0 Å². The Bertz CT molecular complexity index is 919. The molecule has 1 aromatic heterocycles. The maximum Gasteiger partial charge on any atom is 0.261 e. The second-order valence-electron chi connectivity index (χ2n) is 8.18. The van der Waals surface area contributed by atoms with Crippen LogP contribution in [0, 0.1) is 5.92 Å². The van der Waals surface area contributed by atoms with E-state index < -0.39 is 0 Å². The van der Waals surface area contributed by atoms with Crippen LogP contribution in [0.2, 0.25) is 0 Å². The highest BCUT2D eigenvalue weighted by molar-refractivity contribution is 5.82. The molecule has 2 aromatic rings. The minimum absolute atomic E-state index is 0.0818. The van der Waals surface area contributed by atoms with E-state index in [1.165, 1.54) is 12.8 Å². The van der Waals surface area contributed by atoms with Crippen molar-refractivity contribution < 1.29 is 4.79 Å². The predicted octanol–water partition coefficient (Wildman–Crippen LogP) is 2.57. The van der Waals surface area contributed by atoms with E-state index in [9.17, 15) is 9.59 Å². The van der Waals surface area contributed by atoms with Gasteiger partial charge in [0.2, 0.25) is 5.91 Å². The van der Waals surface area contributed by atoms with Gasteiger partial charge in [0.25, 0.3) is 5.56 Å². The molecule has 2 aliphatic carbocycles. The normalized spacial score (nSPS) is 21.2. The zero-order valence-corrected chi connectivity index (χ0v) is 15.6. The number of hydrogen-bond donors (Lipinski definition) is 0. The van der Waals surface area contributed by atoms with E-state index in [0.29, 0.717) is 23.3 Å². The summed E-state index contributed by atoms with van der Waals surface area (Å²) < 4.78 is 1.83. The fraction of sp³-hybridized carbons (Fsp3) is 0.571. The van der Waals surface area contributed by atoms with Gasteiger partial charge in [-0.25, -0.2) is 4.98 Å². The molecule has 0 bridgehead atoms. The third-order valence-corrected chi connectivity index (χ3v) is 6.37. The van der Waals surface area contributed by atoms with E-state index in [0.717, 1.165) is 63.1 Å². The highest BCUT2D eigenvalue weighted by Crippen LogP contribution is 2.32. The molecule has 27 heavy (non-hydrogen) atoms. The summed E-state index contributed by atoms with van der Waals surface area (Å²) in [5.74, 6) is 0.630. The van der Waals surface area contributed by atoms with Crippen LogP contribution in [0.1, 0.15) is 44.6 Å². The van der Waals surface area contributed by atoms with Crippen molar-refractivity contribution >= 4 is 22.5 Å². The first-order valence-electron chi connectivity index (χ1n) is 10.3. The Hall–Kier alpha value is -2.37. The van der Waals surface area contributed by atoms with Crippen LogP contribution in [0.3, 0.4) is 0 Å². The summed E-state index contributed by atoms with van der Waals surface area (Å²) in [4.78, 5) is 34.0. The minimum atomic E-state index is 0.0818. The van der Waals surface area contributed by atoms with Crippen LogP contribution in [-0.4, -0.2) is 46.5 Å². The molecule has 0 atom stereocenters. The smallest absolute Gasteiger partial charge is 0.261 e. The number of carbonyl (C=O) groups is 1. The Morgan fingerprint density at radius 2 is 1.74 bits per heavy atom. The summed E-state index contributed by atoms with van der Waals surface area (Å²) in [6, 6.07) is 6.29. The Morgan fingerprint density at radius 3 is 2.44 bits per heavy atom. The summed E-state index contributed by atoms with van der Waals surface area (Å²) in [5.41, 5.74) is 1.94. The quantitative estimate of drug-likeness (QED) is 0.838. The van der Waals surface area contributed by atoms with Crippen molar-refractivity contribution in [2.24, 2.45) is 5.92 Å². The van der Waals surface area contributed by atoms with Crippen LogP contribution in [0.5, 0.6) is 0 Å². The second-order valence-corrected chi connectivity index (χ2v) is 8.18. The third kappa shape index (κ3) is 3.11. The minimum Gasteiger partial charge on any atom is -0.368 e. The van der Waals surface area contributed by atoms with Crippen molar-refractivity contribution in [2.45, 2.75) is 44.6 Å². The molecular weight excluding hydrogens is 340 g/mol. The average Bonchev–Trinajstić information content (AvgIpc) is 3.42. The molecule has 142 valence electrons. The SMILES string of the molecule is O=C(C1CC1)N1CCN(c2ccc3c(=O)n(C4CCCC4)cnc3c2)CC1. The second kappa shape index (κ2) is 6.66. The van der Waals surface area contributed by atoms with Crippen molar-refractivity contribution in [1.82, 2.24) is 14.5 Å². The van der Waals surface area contributed by atoms with E-state index in [1.54, 1.807) is 6.33 Å². The molecule has 3 fully saturated rings. The van der Waals surface area contributed by atoms with E-state index in [2.05, 4.69) is 9.88 Å². The van der Waals surface area contributed by atoms with Crippen LogP contribution in [0.15, 0.2) is 29.3 Å². The van der Waals surface area contributed by atoms with Gasteiger partial charge in [-0.3, -0.25) is 14.2 Å². The summed E-state index contributed by atoms with van der Waals surface area (Å²) in [6.07, 6.45) is 8.41. The van der Waals surface area contributed by atoms with Crippen LogP contribution in [0.4, 0.5) is 5.69 Å². The standard InChI is InChI=1S/C21H26N4O2/c26-20(15-5-6-15)24-11-9-23(10-12-24)17-7-8-18-19(13-17)22-14-25(21(18)27)16-3-1-2-4-16/h7-8,13-16H,1-6,9-12H2. The average molecular weight is 366 g/mol. The van der Waals surface area contributed by atoms with Crippen LogP contribution in [0.25, 0.3) is 10.9 Å². The van der Waals surface area contributed by atoms with Crippen molar-refractivity contribution in [1.29, 1.82) is 0 Å². The molecule has 0 unspecified atom stereocenters. The molecule has 1 saturated heterocycles. The van der Waals surface area contributed by atoms with Gasteiger partial charge < -0.3 is 9.80 Å². The van der Waals surface area contributed by atoms with Gasteiger partial charge in [0.15, 0.2) is 0 Å². The van der Waals surface area contributed by atoms with E-state index >= 15 is 0 Å². The number of piperazine rings is 1. The van der Waals surface area contributed by atoms with Crippen LogP contribution in [-0.2, 0) is 4.79 Å². The van der Waals surface area contributed by atoms with Gasteiger partial charge in [0.05, 0.1) is 17.2 Å². The number of carbonyl (C=O) groups excluding carboxylic acids is 1. The number of amides is 1. The molecule has 6 nitrogen and oxygen atoms in total. The third-order valence-electron chi connectivity index (χ3n) is 6.37. The van der Waals surface area contributed by atoms with Gasteiger partial charge in [-0.15, -0.1) is 0 Å². The molecule has 1 amide bonds. The lowest BCUT2D eigenvalue weighted by atomic mass is 10.1. The molecular formula is C21H26N4O2. The first-order valence-corrected chi connectivity index (χ1v) is 10.3. The lowest BCUT2D eigenvalue weighted by Gasteiger charge is -2.36. The summed E-state index contributed by atoms with van der Waals surface area (Å²) in [7, 11) is 0. The number of nitrogens with zero attached hydrogens (tertiary/aromatic N) is 4. The molecule has 5 rings (SSSR count). The first-order chi connectivity index (χ1) is 13.2. The van der Waals surface area contributed by atoms with Gasteiger partial charge in [-0.05, 0) is 43.9 Å². The predicted molar refractivity (Wildman–Crippen MR) is 105 cm³/mol. The lowest BCUT2D eigenvalue weighted by molar-refractivity contribution is -0.132. The van der Waals surface area contributed by atoms with E-state index in [-0.39, 0.29) is 5.56 Å². The number of fused-ring (bicyclic) bond motifs is 1. The van der Waals surface area contributed by atoms with Crippen LogP contribution < -0.4 is 10.5 Å². The summed E-state index contributed by atoms with van der Waals surface area (Å²) in [5, 5.41) is 0.704. The van der Waals surface area contributed by atoms with E-state index in [1.807, 2.05) is 27.7 Å². The highest BCUT2D eigenvalue weighted by Gasteiger charge is 2.34. The monoisotopic (exact) mass is 366 g/mol. The van der Waals surface area contributed by atoms with Crippen molar-refractivity contribution in [2.75, 3.05) is 31.1 Å². The van der Waals surface area contributed by atoms with Gasteiger partial charge in [0.1, 0.15) is 0 Å². The van der Waals surface area contributed by atoms with Gasteiger partial charge in [0, 0.05) is 43.8 Å². The van der Waals surface area contributed by atoms with E-state index in [4.69, 9.17) is 0 Å². The maximum atomic E-state index is 12.9. The van der Waals surface area contributed by atoms with Crippen molar-refractivity contribution in [3.63, 3.8) is 0 Å². The molecule has 6 heteroatoms. The zero-order chi connectivity index (χ0) is 18.4. The largest absolute Gasteiger partial charge is 0.368 e. The van der Waals surface area contributed by atoms with Crippen molar-refractivity contribution in [3.8, 4) is 0 Å². The summed E-state index contributed by atoms with van der Waals surface area (Å²) in [6.45, 7) is 3.24. The van der Waals surface area contributed by atoms with Gasteiger partial charge in [-0.2, -0.15) is 0 Å². The fourth-order valence-corrected chi connectivity index (χ4v) is 4.54. The maximum absolute atomic E-state index is 12.9. The molecule has 1 aliphatic heterocycles. The first kappa shape index (κ1) is 16.8. The number of hydrogen-bond acceptors (Lipinski definition) is 4. The number of benzene rings is 1. The Kier molecular flexibility index (Phi) is 4.14. The molecule has 1 aromatic carbocycles. The molecule has 2 heterocycles. The topological polar surface area (TPSA) is 58.4 Å². The highest BCUT2D eigenvalue weighted by atomic mass is 16.2. The fourth-order valence-electron chi connectivity index (χ4n) is 4.54. The van der Waals surface area contributed by atoms with Crippen LogP contribution >= 0.6 is 0 Å². The Labute approximate surface area is 158 Å². The molecule has 0 radical (unpaired) electrons. The molecule has 3 aliphatic rings. The lowest BCUT2D eigenvalue weighted by Crippen LogP contribution is -2.49. The van der Waals surface area contributed by atoms with Gasteiger partial charge in [-0.1, -0.05) is 12.8 Å². The number of aromatic nitrogens is 2. The number of rotatable bonds is 3. The van der Waals surface area contributed by atoms with Crippen molar-refractivity contribution in [3.05, 3.63) is 34.9 Å². The number of anilines is 1. The zero-order valence-electron chi connectivity index (χ0n) is 15.6. The summed E-state index contributed by atoms with van der Waals surface area (Å²) >= 11 is 0. The molecule has 2 saturated carbocycles. The molecule has 0 spiro atoms. The Balaban J connectivity index is 1.35. The molecule has 0 N–H and O–H groups in total. The Morgan fingerprint density at radius 1 is 1.00 bits per heavy atom.